The molecule has 1 aromatic heterocycles. The summed E-state index contributed by atoms with van der Waals surface area (Å²) < 4.78 is 14.4. The van der Waals surface area contributed by atoms with E-state index in [2.05, 4.69) is 35.4 Å². The zero-order valence-electron chi connectivity index (χ0n) is 15.1. The molecule has 0 amide bonds. The second-order valence-corrected chi connectivity index (χ2v) is 6.74. The molecule has 0 radical (unpaired) electrons. The van der Waals surface area contributed by atoms with E-state index in [1.54, 1.807) is 13.8 Å². The van der Waals surface area contributed by atoms with Gasteiger partial charge in [-0.05, 0) is 74.7 Å². The fraction of sp³-hybridized carbons (Fsp3) is 0.227. The zero-order valence-corrected chi connectivity index (χ0v) is 15.1. The lowest BCUT2D eigenvalue weighted by atomic mass is 9.96. The van der Waals surface area contributed by atoms with Gasteiger partial charge in [0.15, 0.2) is 0 Å². The number of halogens is 1. The summed E-state index contributed by atoms with van der Waals surface area (Å²) in [6.07, 6.45) is 4.12. The number of hydrogen-bond donors (Lipinski definition) is 1. The van der Waals surface area contributed by atoms with Gasteiger partial charge in [0.1, 0.15) is 11.5 Å². The average Bonchev–Trinajstić information content (AvgIpc) is 2.56. The van der Waals surface area contributed by atoms with Gasteiger partial charge in [-0.1, -0.05) is 30.4 Å². The van der Waals surface area contributed by atoms with Crippen LogP contribution < -0.4 is 5.32 Å². The first kappa shape index (κ1) is 17.2. The summed E-state index contributed by atoms with van der Waals surface area (Å²) in [6.45, 7) is 7.24. The minimum Gasteiger partial charge on any atom is -0.340 e. The van der Waals surface area contributed by atoms with E-state index in [0.717, 1.165) is 22.4 Å². The summed E-state index contributed by atoms with van der Waals surface area (Å²) in [7, 11) is 0. The van der Waals surface area contributed by atoms with Crippen LogP contribution in [0.15, 0.2) is 54.6 Å². The van der Waals surface area contributed by atoms with Crippen LogP contribution in [0.2, 0.25) is 0 Å². The van der Waals surface area contributed by atoms with Crippen molar-refractivity contribution in [3.8, 4) is 0 Å². The molecule has 0 saturated heterocycles. The van der Waals surface area contributed by atoms with Gasteiger partial charge in [0, 0.05) is 11.1 Å². The highest BCUT2D eigenvalue weighted by Crippen LogP contribution is 2.31. The van der Waals surface area contributed by atoms with Gasteiger partial charge in [0.25, 0.3) is 0 Å². The molecule has 3 heteroatoms. The molecule has 0 saturated carbocycles. The summed E-state index contributed by atoms with van der Waals surface area (Å²) in [5, 5.41) is 4.18. The Hall–Kier alpha value is -2.68. The fourth-order valence-electron chi connectivity index (χ4n) is 3.01. The van der Waals surface area contributed by atoms with E-state index >= 15 is 0 Å². The number of allylic oxidation sites excluding steroid dienone is 1. The van der Waals surface area contributed by atoms with Crippen molar-refractivity contribution in [1.82, 2.24) is 4.98 Å². The predicted octanol–water partition coefficient (Wildman–Crippen LogP) is 6.52. The molecule has 3 aromatic rings. The van der Waals surface area contributed by atoms with E-state index in [1.807, 2.05) is 49.4 Å². The Morgan fingerprint density at radius 2 is 1.88 bits per heavy atom. The van der Waals surface area contributed by atoms with Crippen molar-refractivity contribution in [1.29, 1.82) is 0 Å². The molecule has 0 spiro atoms. The number of aryl methyl sites for hydroxylation is 1. The molecule has 0 aliphatic heterocycles. The van der Waals surface area contributed by atoms with Crippen LogP contribution in [0.4, 0.5) is 15.9 Å². The van der Waals surface area contributed by atoms with Gasteiger partial charge in [-0.15, -0.1) is 0 Å². The van der Waals surface area contributed by atoms with E-state index in [1.165, 1.54) is 11.1 Å². The lowest BCUT2D eigenvalue weighted by Gasteiger charge is -2.17. The smallest absolute Gasteiger partial charge is 0.131 e. The molecule has 0 aliphatic carbocycles. The van der Waals surface area contributed by atoms with Crippen molar-refractivity contribution in [2.75, 3.05) is 5.32 Å². The monoisotopic (exact) mass is 334 g/mol. The van der Waals surface area contributed by atoms with Gasteiger partial charge < -0.3 is 5.32 Å². The van der Waals surface area contributed by atoms with Crippen molar-refractivity contribution >= 4 is 28.5 Å². The quantitative estimate of drug-likeness (QED) is 0.587. The molecule has 0 aliphatic rings. The summed E-state index contributed by atoms with van der Waals surface area (Å²) in [5.41, 5.74) is 3.45. The van der Waals surface area contributed by atoms with Crippen molar-refractivity contribution in [2.45, 2.75) is 33.4 Å². The van der Waals surface area contributed by atoms with E-state index in [0.29, 0.717) is 5.56 Å². The second kappa shape index (κ2) is 6.67. The van der Waals surface area contributed by atoms with Crippen LogP contribution >= 0.6 is 0 Å². The van der Waals surface area contributed by atoms with Crippen molar-refractivity contribution in [3.63, 3.8) is 0 Å². The van der Waals surface area contributed by atoms with E-state index < -0.39 is 5.67 Å². The number of rotatable bonds is 4. The van der Waals surface area contributed by atoms with Crippen molar-refractivity contribution in [3.05, 3.63) is 71.3 Å². The summed E-state index contributed by atoms with van der Waals surface area (Å²) in [6, 6.07) is 15.6. The van der Waals surface area contributed by atoms with Crippen LogP contribution in [0.1, 0.15) is 37.5 Å². The summed E-state index contributed by atoms with van der Waals surface area (Å²) >= 11 is 0. The van der Waals surface area contributed by atoms with E-state index in [-0.39, 0.29) is 0 Å². The standard InChI is InChI=1S/C22H23FN2/c1-5-7-16-10-11-17(14-15(16)2)24-21-13-12-18-19(22(3,4)23)8-6-9-20(18)25-21/h5-14H,1-4H3,(H,24,25)/b7-5-. The molecule has 0 bridgehead atoms. The fourth-order valence-corrected chi connectivity index (χ4v) is 3.01. The van der Waals surface area contributed by atoms with E-state index in [4.69, 9.17) is 0 Å². The summed E-state index contributed by atoms with van der Waals surface area (Å²) in [4.78, 5) is 4.64. The first-order valence-electron chi connectivity index (χ1n) is 8.48. The molecule has 3 rings (SSSR count). The van der Waals surface area contributed by atoms with Gasteiger partial charge in [0.2, 0.25) is 0 Å². The Bertz CT molecular complexity index is 936. The normalized spacial score (nSPS) is 12.0. The number of pyridine rings is 1. The molecular formula is C22H23FN2. The molecule has 0 unspecified atom stereocenters. The number of nitrogens with zero attached hydrogens (tertiary/aromatic N) is 1. The maximum Gasteiger partial charge on any atom is 0.131 e. The van der Waals surface area contributed by atoms with Crippen LogP contribution in [-0.4, -0.2) is 4.98 Å². The third-order valence-electron chi connectivity index (χ3n) is 4.26. The van der Waals surface area contributed by atoms with Crippen molar-refractivity contribution in [2.24, 2.45) is 0 Å². The molecule has 128 valence electrons. The maximum atomic E-state index is 14.4. The van der Waals surface area contributed by atoms with Gasteiger partial charge in [-0.2, -0.15) is 0 Å². The third kappa shape index (κ3) is 3.71. The van der Waals surface area contributed by atoms with Gasteiger partial charge in [0.05, 0.1) is 5.52 Å². The molecule has 25 heavy (non-hydrogen) atoms. The highest BCUT2D eigenvalue weighted by Gasteiger charge is 2.21. The van der Waals surface area contributed by atoms with Gasteiger partial charge in [-0.25, -0.2) is 9.37 Å². The molecular weight excluding hydrogens is 311 g/mol. The average molecular weight is 334 g/mol. The molecule has 0 atom stereocenters. The molecule has 1 heterocycles. The SMILES string of the molecule is C/C=C\c1ccc(Nc2ccc3c(C(C)(C)F)cccc3n2)cc1C. The topological polar surface area (TPSA) is 24.9 Å². The Balaban J connectivity index is 1.94. The number of alkyl halides is 1. The predicted molar refractivity (Wildman–Crippen MR) is 105 cm³/mol. The van der Waals surface area contributed by atoms with E-state index in [9.17, 15) is 4.39 Å². The lowest BCUT2D eigenvalue weighted by Crippen LogP contribution is -2.09. The van der Waals surface area contributed by atoms with Crippen LogP contribution in [-0.2, 0) is 5.67 Å². The number of hydrogen-bond acceptors (Lipinski definition) is 2. The number of aromatic nitrogens is 1. The van der Waals surface area contributed by atoms with Crippen LogP contribution in [0.25, 0.3) is 17.0 Å². The van der Waals surface area contributed by atoms with Crippen LogP contribution in [0.5, 0.6) is 0 Å². The highest BCUT2D eigenvalue weighted by atomic mass is 19.1. The number of nitrogens with one attached hydrogen (secondary N) is 1. The number of fused-ring (bicyclic) bond motifs is 1. The number of benzene rings is 2. The van der Waals surface area contributed by atoms with Gasteiger partial charge >= 0.3 is 0 Å². The second-order valence-electron chi connectivity index (χ2n) is 6.74. The Morgan fingerprint density at radius 3 is 2.56 bits per heavy atom. The minimum atomic E-state index is -1.39. The van der Waals surface area contributed by atoms with Crippen molar-refractivity contribution < 1.29 is 4.39 Å². The first-order valence-corrected chi connectivity index (χ1v) is 8.48. The minimum absolute atomic E-state index is 0.663. The molecule has 2 nitrogen and oxygen atoms in total. The highest BCUT2D eigenvalue weighted by molar-refractivity contribution is 5.85. The maximum absolute atomic E-state index is 14.4. The lowest BCUT2D eigenvalue weighted by molar-refractivity contribution is 0.224. The number of anilines is 2. The Morgan fingerprint density at radius 1 is 1.08 bits per heavy atom. The molecule has 2 aromatic carbocycles. The zero-order chi connectivity index (χ0) is 18.0. The third-order valence-corrected chi connectivity index (χ3v) is 4.26. The van der Waals surface area contributed by atoms with Gasteiger partial charge in [-0.3, -0.25) is 0 Å². The molecule has 1 N–H and O–H groups in total. The Labute approximate surface area is 148 Å². The van der Waals surface area contributed by atoms with Crippen LogP contribution in [0.3, 0.4) is 0 Å². The van der Waals surface area contributed by atoms with Crippen LogP contribution in [0, 0.1) is 6.92 Å². The summed E-state index contributed by atoms with van der Waals surface area (Å²) in [5.74, 6) is 0.750. The molecule has 0 fully saturated rings. The first-order chi connectivity index (χ1) is 11.9. The Kier molecular flexibility index (Phi) is 4.58. The largest absolute Gasteiger partial charge is 0.340 e.